The molecule has 2 heterocycles. The zero-order chi connectivity index (χ0) is 23.4. The lowest BCUT2D eigenvalue weighted by Gasteiger charge is -2.10. The molecular formula is C25H22F3N3O2. The van der Waals surface area contributed by atoms with E-state index in [0.717, 1.165) is 35.9 Å². The lowest BCUT2D eigenvalue weighted by atomic mass is 10.1. The summed E-state index contributed by atoms with van der Waals surface area (Å²) < 4.78 is 46.6. The van der Waals surface area contributed by atoms with Crippen LogP contribution in [0.15, 0.2) is 60.3 Å². The van der Waals surface area contributed by atoms with Gasteiger partial charge in [0.2, 0.25) is 0 Å². The number of ether oxygens (including phenoxy) is 1. The van der Waals surface area contributed by atoms with Gasteiger partial charge in [0.1, 0.15) is 11.6 Å². The molecule has 1 N–H and O–H groups in total. The van der Waals surface area contributed by atoms with Crippen LogP contribution in [0.4, 0.5) is 13.2 Å². The van der Waals surface area contributed by atoms with Crippen molar-refractivity contribution in [2.45, 2.75) is 31.7 Å². The third kappa shape index (κ3) is 5.26. The van der Waals surface area contributed by atoms with E-state index >= 15 is 0 Å². The molecule has 8 heteroatoms. The van der Waals surface area contributed by atoms with Gasteiger partial charge in [-0.3, -0.25) is 4.79 Å². The number of amides is 1. The van der Waals surface area contributed by atoms with Crippen LogP contribution in [0.5, 0.6) is 0 Å². The Morgan fingerprint density at radius 2 is 2.06 bits per heavy atom. The Balaban J connectivity index is 1.61. The Labute approximate surface area is 189 Å². The fourth-order valence-electron chi connectivity index (χ4n) is 3.97. The van der Waals surface area contributed by atoms with Crippen LogP contribution in [-0.2, 0) is 22.3 Å². The lowest BCUT2D eigenvalue weighted by Crippen LogP contribution is -2.32. The zero-order valence-corrected chi connectivity index (χ0v) is 17.7. The monoisotopic (exact) mass is 453 g/mol. The zero-order valence-electron chi connectivity index (χ0n) is 17.7. The highest BCUT2D eigenvalue weighted by Crippen LogP contribution is 2.30. The molecule has 1 aliphatic rings. The van der Waals surface area contributed by atoms with Gasteiger partial charge in [-0.1, -0.05) is 30.3 Å². The van der Waals surface area contributed by atoms with Gasteiger partial charge < -0.3 is 14.6 Å². The van der Waals surface area contributed by atoms with Crippen LogP contribution in [0.2, 0.25) is 0 Å². The van der Waals surface area contributed by atoms with E-state index in [-0.39, 0.29) is 18.2 Å². The molecule has 1 atom stereocenters. The maximum atomic E-state index is 13.1. The van der Waals surface area contributed by atoms with E-state index in [1.54, 1.807) is 12.3 Å². The van der Waals surface area contributed by atoms with Crippen LogP contribution in [-0.4, -0.2) is 29.7 Å². The summed E-state index contributed by atoms with van der Waals surface area (Å²) >= 11 is 0. The van der Waals surface area contributed by atoms with Gasteiger partial charge in [-0.05, 0) is 42.7 Å². The number of benzene rings is 2. The summed E-state index contributed by atoms with van der Waals surface area (Å²) in [6, 6.07) is 14.5. The maximum absolute atomic E-state index is 13.1. The molecule has 0 saturated carbocycles. The number of rotatable bonds is 6. The normalized spacial score (nSPS) is 16.7. The van der Waals surface area contributed by atoms with E-state index in [9.17, 15) is 23.2 Å². The number of hydrogen-bond donors (Lipinski definition) is 1. The molecule has 1 saturated heterocycles. The minimum atomic E-state index is -4.42. The molecule has 5 nitrogen and oxygen atoms in total. The second-order valence-corrected chi connectivity index (χ2v) is 7.94. The number of nitrogens with zero attached hydrogens (tertiary/aromatic N) is 2. The highest BCUT2D eigenvalue weighted by Gasteiger charge is 2.30. The molecule has 0 aliphatic carbocycles. The van der Waals surface area contributed by atoms with Crippen molar-refractivity contribution in [1.82, 2.24) is 9.88 Å². The van der Waals surface area contributed by atoms with Gasteiger partial charge in [0, 0.05) is 42.4 Å². The first-order valence-electron chi connectivity index (χ1n) is 10.6. The average molecular weight is 453 g/mol. The first-order chi connectivity index (χ1) is 15.8. The molecule has 4 rings (SSSR count). The first-order valence-corrected chi connectivity index (χ1v) is 10.6. The molecule has 1 amide bonds. The van der Waals surface area contributed by atoms with Crippen LogP contribution in [0, 0.1) is 11.3 Å². The second-order valence-electron chi connectivity index (χ2n) is 7.94. The Hall–Kier alpha value is -3.57. The molecule has 0 bridgehead atoms. The topological polar surface area (TPSA) is 67.0 Å². The summed E-state index contributed by atoms with van der Waals surface area (Å²) in [7, 11) is 0. The van der Waals surface area contributed by atoms with Crippen LogP contribution < -0.4 is 5.32 Å². The van der Waals surface area contributed by atoms with Gasteiger partial charge in [-0.25, -0.2) is 0 Å². The van der Waals surface area contributed by atoms with Gasteiger partial charge in [0.05, 0.1) is 11.7 Å². The molecule has 33 heavy (non-hydrogen) atoms. The van der Waals surface area contributed by atoms with Crippen molar-refractivity contribution in [1.29, 1.82) is 5.26 Å². The van der Waals surface area contributed by atoms with E-state index in [1.165, 1.54) is 12.1 Å². The predicted molar refractivity (Wildman–Crippen MR) is 118 cm³/mol. The molecule has 1 aromatic heterocycles. The van der Waals surface area contributed by atoms with E-state index < -0.39 is 17.6 Å². The van der Waals surface area contributed by atoms with Crippen molar-refractivity contribution >= 4 is 22.9 Å². The van der Waals surface area contributed by atoms with Gasteiger partial charge in [0.15, 0.2) is 0 Å². The molecule has 0 radical (unpaired) electrons. The van der Waals surface area contributed by atoms with Crippen molar-refractivity contribution in [2.24, 2.45) is 0 Å². The molecule has 1 fully saturated rings. The predicted octanol–water partition coefficient (Wildman–Crippen LogP) is 4.91. The quantitative estimate of drug-likeness (QED) is 0.426. The van der Waals surface area contributed by atoms with E-state index in [4.69, 9.17) is 4.74 Å². The Kier molecular flexibility index (Phi) is 6.52. The maximum Gasteiger partial charge on any atom is 0.416 e. The van der Waals surface area contributed by atoms with Crippen LogP contribution in [0.25, 0.3) is 17.0 Å². The number of hydrogen-bond acceptors (Lipinski definition) is 3. The fraction of sp³-hybridized carbons (Fsp3) is 0.280. The Bertz CT molecular complexity index is 1230. The number of para-hydroxylation sites is 1. The summed E-state index contributed by atoms with van der Waals surface area (Å²) in [5.41, 5.74) is 1.18. The number of nitrogens with one attached hydrogen (secondary N) is 1. The summed E-state index contributed by atoms with van der Waals surface area (Å²) in [5, 5.41) is 13.1. The average Bonchev–Trinajstić information content (AvgIpc) is 3.44. The largest absolute Gasteiger partial charge is 0.416 e. The molecular weight excluding hydrogens is 431 g/mol. The van der Waals surface area contributed by atoms with E-state index in [0.29, 0.717) is 24.3 Å². The molecule has 3 aromatic rings. The minimum absolute atomic E-state index is 0.0386. The summed E-state index contributed by atoms with van der Waals surface area (Å²) in [6.07, 6.45) is 0.623. The summed E-state index contributed by atoms with van der Waals surface area (Å²) in [6.45, 7) is 1.23. The number of aromatic nitrogens is 1. The van der Waals surface area contributed by atoms with Crippen LogP contribution in [0.1, 0.15) is 29.5 Å². The van der Waals surface area contributed by atoms with Gasteiger partial charge in [-0.15, -0.1) is 0 Å². The highest BCUT2D eigenvalue weighted by atomic mass is 19.4. The second kappa shape index (κ2) is 9.51. The fourth-order valence-corrected chi connectivity index (χ4v) is 3.97. The lowest BCUT2D eigenvalue weighted by molar-refractivity contribution is -0.137. The van der Waals surface area contributed by atoms with E-state index in [1.807, 2.05) is 34.9 Å². The number of nitriles is 1. The Morgan fingerprint density at radius 1 is 1.24 bits per heavy atom. The first kappa shape index (κ1) is 22.6. The molecule has 1 unspecified atom stereocenters. The van der Waals surface area contributed by atoms with E-state index in [2.05, 4.69) is 5.32 Å². The van der Waals surface area contributed by atoms with Crippen LogP contribution >= 0.6 is 0 Å². The van der Waals surface area contributed by atoms with Crippen molar-refractivity contribution in [3.63, 3.8) is 0 Å². The standard InChI is InChI=1S/C25H22F3N3O2/c26-25(27,28)20-6-3-5-17(11-20)15-31-16-19(22-8-1-2-9-23(22)31)12-18(13-29)24(32)30-14-21-7-4-10-33-21/h1-3,5-6,8-9,11-12,16,21H,4,7,10,14-15H2,(H,30,32). The number of halogens is 3. The van der Waals surface area contributed by atoms with Crippen molar-refractivity contribution in [2.75, 3.05) is 13.2 Å². The molecule has 2 aromatic carbocycles. The Morgan fingerprint density at radius 3 is 2.79 bits per heavy atom. The minimum Gasteiger partial charge on any atom is -0.376 e. The SMILES string of the molecule is N#CC(=Cc1cn(Cc2cccc(C(F)(F)F)c2)c2ccccc12)C(=O)NCC1CCCO1. The summed E-state index contributed by atoms with van der Waals surface area (Å²) in [4.78, 5) is 12.5. The number of carbonyl (C=O) groups excluding carboxylic acids is 1. The van der Waals surface area contributed by atoms with Crippen LogP contribution in [0.3, 0.4) is 0 Å². The third-order valence-corrected chi connectivity index (χ3v) is 5.61. The number of alkyl halides is 3. The molecule has 1 aliphatic heterocycles. The molecule has 170 valence electrons. The van der Waals surface area contributed by atoms with Crippen molar-refractivity contribution in [3.8, 4) is 6.07 Å². The third-order valence-electron chi connectivity index (χ3n) is 5.61. The van der Waals surface area contributed by atoms with Gasteiger partial charge >= 0.3 is 6.18 Å². The van der Waals surface area contributed by atoms with Gasteiger partial charge in [0.25, 0.3) is 5.91 Å². The number of carbonyl (C=O) groups is 1. The number of fused-ring (bicyclic) bond motifs is 1. The van der Waals surface area contributed by atoms with Gasteiger partial charge in [-0.2, -0.15) is 18.4 Å². The van der Waals surface area contributed by atoms with Crippen molar-refractivity contribution < 1.29 is 22.7 Å². The van der Waals surface area contributed by atoms with Crippen molar-refractivity contribution in [3.05, 3.63) is 77.0 Å². The molecule has 0 spiro atoms. The highest BCUT2D eigenvalue weighted by molar-refractivity contribution is 6.04. The summed E-state index contributed by atoms with van der Waals surface area (Å²) in [5.74, 6) is -0.484. The smallest absolute Gasteiger partial charge is 0.376 e.